The molecule has 16 nitrogen and oxygen atoms in total. The monoisotopic (exact) mass is 596 g/mol. The topological polar surface area (TPSA) is 206 Å². The molecule has 1 unspecified atom stereocenters. The lowest BCUT2D eigenvalue weighted by Crippen LogP contribution is -2.66. The molecule has 1 N–H and O–H groups in total. The summed E-state index contributed by atoms with van der Waals surface area (Å²) in [5.41, 5.74) is 0. The van der Waals surface area contributed by atoms with E-state index < -0.39 is 111 Å². The van der Waals surface area contributed by atoms with Crippen molar-refractivity contribution in [3.05, 3.63) is 0 Å². The van der Waals surface area contributed by atoms with E-state index in [2.05, 4.69) is 0 Å². The number of ether oxygens (including phenoxy) is 9. The first-order chi connectivity index (χ1) is 19.1. The van der Waals surface area contributed by atoms with Crippen molar-refractivity contribution in [2.45, 2.75) is 103 Å². The lowest BCUT2D eigenvalue weighted by Gasteiger charge is -2.48. The smallest absolute Gasteiger partial charge is 0.303 e. The predicted molar refractivity (Wildman–Crippen MR) is 125 cm³/mol. The van der Waals surface area contributed by atoms with Crippen molar-refractivity contribution >= 4 is 35.8 Å². The zero-order valence-electron chi connectivity index (χ0n) is 23.1. The molecule has 2 heterocycles. The third-order valence-electron chi connectivity index (χ3n) is 5.60. The fourth-order valence-electron chi connectivity index (χ4n) is 4.28. The Morgan fingerprint density at radius 1 is 0.585 bits per heavy atom. The van der Waals surface area contributed by atoms with Crippen LogP contribution < -0.4 is 0 Å². The maximum absolute atomic E-state index is 14.2. The van der Waals surface area contributed by atoms with Gasteiger partial charge in [0.05, 0.1) is 0 Å². The Morgan fingerprint density at radius 2 is 1.02 bits per heavy atom. The van der Waals surface area contributed by atoms with Crippen molar-refractivity contribution in [2.75, 3.05) is 13.3 Å². The van der Waals surface area contributed by atoms with Crippen LogP contribution in [0.1, 0.15) is 41.5 Å². The van der Waals surface area contributed by atoms with E-state index in [1.54, 1.807) is 0 Å². The number of carbonyl (C=O) groups is 6. The van der Waals surface area contributed by atoms with Gasteiger partial charge in [-0.15, -0.1) is 0 Å². The molecule has 0 aliphatic carbocycles. The first kappa shape index (κ1) is 33.8. The van der Waals surface area contributed by atoms with E-state index in [9.17, 15) is 38.3 Å². The Bertz CT molecular complexity index is 987. The molecule has 0 radical (unpaired) electrons. The van der Waals surface area contributed by atoms with E-state index in [0.29, 0.717) is 0 Å². The summed E-state index contributed by atoms with van der Waals surface area (Å²) < 4.78 is 62.2. The van der Waals surface area contributed by atoms with Gasteiger partial charge in [-0.2, -0.15) is 0 Å². The van der Waals surface area contributed by atoms with Crippen LogP contribution in [-0.4, -0.2) is 116 Å². The van der Waals surface area contributed by atoms with Gasteiger partial charge in [-0.05, 0) is 0 Å². The highest BCUT2D eigenvalue weighted by Crippen LogP contribution is 2.34. The molecular weight excluding hydrogens is 563 g/mol. The molecule has 0 spiro atoms. The van der Waals surface area contributed by atoms with Gasteiger partial charge in [-0.1, -0.05) is 0 Å². The number of aliphatic hydroxyl groups excluding tert-OH is 1. The Labute approximate surface area is 233 Å². The van der Waals surface area contributed by atoms with Crippen LogP contribution in [-0.2, 0) is 71.4 Å². The van der Waals surface area contributed by atoms with Crippen LogP contribution in [0.4, 0.5) is 4.39 Å². The van der Waals surface area contributed by atoms with Crippen molar-refractivity contribution in [3.8, 4) is 0 Å². The van der Waals surface area contributed by atoms with E-state index in [1.165, 1.54) is 0 Å². The van der Waals surface area contributed by atoms with Gasteiger partial charge in [0.1, 0.15) is 31.6 Å². The van der Waals surface area contributed by atoms with E-state index in [4.69, 9.17) is 42.6 Å². The van der Waals surface area contributed by atoms with Crippen molar-refractivity contribution in [1.82, 2.24) is 0 Å². The average Bonchev–Trinajstić information content (AvgIpc) is 2.83. The van der Waals surface area contributed by atoms with Gasteiger partial charge >= 0.3 is 35.8 Å². The Balaban J connectivity index is 2.60. The molecule has 2 aliphatic heterocycles. The molecule has 232 valence electrons. The number of halogens is 1. The first-order valence-electron chi connectivity index (χ1n) is 12.3. The summed E-state index contributed by atoms with van der Waals surface area (Å²) in [6.07, 6.45) is -16.7. The maximum Gasteiger partial charge on any atom is 0.303 e. The minimum atomic E-state index is -1.90. The highest BCUT2D eigenvalue weighted by molar-refractivity contribution is 5.69. The van der Waals surface area contributed by atoms with Crippen molar-refractivity contribution in [1.29, 1.82) is 0 Å². The van der Waals surface area contributed by atoms with Gasteiger partial charge < -0.3 is 47.7 Å². The van der Waals surface area contributed by atoms with Crippen LogP contribution in [0.15, 0.2) is 0 Å². The highest BCUT2D eigenvalue weighted by Gasteiger charge is 2.57. The van der Waals surface area contributed by atoms with Crippen LogP contribution in [0.25, 0.3) is 0 Å². The second kappa shape index (κ2) is 15.0. The predicted octanol–water partition coefficient (Wildman–Crippen LogP) is -0.995. The van der Waals surface area contributed by atoms with Gasteiger partial charge in [-0.3, -0.25) is 28.8 Å². The fraction of sp³-hybridized carbons (Fsp3) is 0.750. The molecule has 0 aromatic heterocycles. The summed E-state index contributed by atoms with van der Waals surface area (Å²) >= 11 is 0. The molecule has 0 bridgehead atoms. The van der Waals surface area contributed by atoms with Crippen molar-refractivity contribution in [2.24, 2.45) is 0 Å². The van der Waals surface area contributed by atoms with Crippen LogP contribution >= 0.6 is 0 Å². The normalized spacial score (nSPS) is 33.1. The molecule has 0 saturated carbocycles. The second-order valence-electron chi connectivity index (χ2n) is 9.04. The number of carbonyl (C=O) groups excluding carboxylic acids is 6. The van der Waals surface area contributed by atoms with E-state index in [1.807, 2.05) is 0 Å². The number of rotatable bonds is 10. The molecule has 2 saturated heterocycles. The SMILES string of the molecule is CC(=O)OC[C@H]1OC(O)[C@H](OC(C)=O)[C@@H](OC(C)=O)[C@@H]1O[C@@H]1O[C@H](CF)[C@H](OC(C)=O)[C@H](OC(C)=O)[C@H]1OC(C)=O. The minimum absolute atomic E-state index is 0.595. The fourth-order valence-corrected chi connectivity index (χ4v) is 4.28. The average molecular weight is 597 g/mol. The number of hydrogen-bond donors (Lipinski definition) is 1. The number of hydrogen-bond acceptors (Lipinski definition) is 16. The molecule has 17 heteroatoms. The van der Waals surface area contributed by atoms with Gasteiger partial charge in [0.25, 0.3) is 0 Å². The van der Waals surface area contributed by atoms with Gasteiger partial charge in [0.15, 0.2) is 43.1 Å². The molecular formula is C24H33FO16. The van der Waals surface area contributed by atoms with Crippen LogP contribution in [0.3, 0.4) is 0 Å². The van der Waals surface area contributed by atoms with Crippen LogP contribution in [0.2, 0.25) is 0 Å². The highest BCUT2D eigenvalue weighted by atomic mass is 19.1. The zero-order chi connectivity index (χ0) is 31.0. The first-order valence-corrected chi connectivity index (χ1v) is 12.3. The summed E-state index contributed by atoms with van der Waals surface area (Å²) in [4.78, 5) is 71.0. The third-order valence-corrected chi connectivity index (χ3v) is 5.60. The molecule has 41 heavy (non-hydrogen) atoms. The van der Waals surface area contributed by atoms with Crippen molar-refractivity contribution < 1.29 is 80.9 Å². The summed E-state index contributed by atoms with van der Waals surface area (Å²) in [6, 6.07) is 0. The van der Waals surface area contributed by atoms with Gasteiger partial charge in [-0.25, -0.2) is 4.39 Å². The van der Waals surface area contributed by atoms with Crippen molar-refractivity contribution in [3.63, 3.8) is 0 Å². The Morgan fingerprint density at radius 3 is 1.49 bits per heavy atom. The van der Waals surface area contributed by atoms with E-state index in [-0.39, 0.29) is 0 Å². The second-order valence-corrected chi connectivity index (χ2v) is 9.04. The molecule has 2 aliphatic rings. The third kappa shape index (κ3) is 9.58. The number of aliphatic hydroxyl groups is 1. The standard InChI is InChI=1S/C24H33FO16/c1-9(26)33-8-16-18(19(35-11(3)28)21(23(32)39-16)37-13(5)30)41-24-22(38-14(6)31)20(36-12(4)29)17(34-10(2)27)15(7-25)40-24/h15-24,32H,7-8H2,1-6H3/t15-,16-,17+,18-,19+,20+,21-,22-,23?,24+/m1/s1. The van der Waals surface area contributed by atoms with Crippen LogP contribution in [0, 0.1) is 0 Å². The number of alkyl halides is 1. The molecule has 2 fully saturated rings. The summed E-state index contributed by atoms with van der Waals surface area (Å²) in [5, 5.41) is 10.5. The Hall–Kier alpha value is -3.41. The summed E-state index contributed by atoms with van der Waals surface area (Å²) in [6.45, 7) is 4.18. The number of esters is 6. The maximum atomic E-state index is 14.2. The quantitative estimate of drug-likeness (QED) is 0.237. The molecule has 2 rings (SSSR count). The van der Waals surface area contributed by atoms with Crippen LogP contribution in [0.5, 0.6) is 0 Å². The lowest BCUT2D eigenvalue weighted by atomic mass is 9.96. The summed E-state index contributed by atoms with van der Waals surface area (Å²) in [5.74, 6) is -5.36. The Kier molecular flexibility index (Phi) is 12.4. The van der Waals surface area contributed by atoms with E-state index in [0.717, 1.165) is 41.5 Å². The summed E-state index contributed by atoms with van der Waals surface area (Å²) in [7, 11) is 0. The van der Waals surface area contributed by atoms with Gasteiger partial charge in [0, 0.05) is 41.5 Å². The minimum Gasteiger partial charge on any atom is -0.463 e. The van der Waals surface area contributed by atoms with Gasteiger partial charge in [0.2, 0.25) is 0 Å². The molecule has 0 aromatic carbocycles. The van der Waals surface area contributed by atoms with E-state index >= 15 is 0 Å². The molecule has 0 aromatic rings. The largest absolute Gasteiger partial charge is 0.463 e. The lowest BCUT2D eigenvalue weighted by molar-refractivity contribution is -0.356. The zero-order valence-corrected chi connectivity index (χ0v) is 23.1. The molecule has 0 amide bonds. The molecule has 10 atom stereocenters.